The number of aliphatic hydroxyl groups excluding tert-OH is 1. The van der Waals surface area contributed by atoms with Crippen molar-refractivity contribution in [1.29, 1.82) is 0 Å². The van der Waals surface area contributed by atoms with Gasteiger partial charge in [-0.2, -0.15) is 0 Å². The first-order valence-corrected chi connectivity index (χ1v) is 6.73. The van der Waals surface area contributed by atoms with E-state index in [4.69, 9.17) is 5.11 Å². The molecule has 2 rings (SSSR count). The van der Waals surface area contributed by atoms with Crippen LogP contribution in [0.1, 0.15) is 12.0 Å². The predicted octanol–water partition coefficient (Wildman–Crippen LogP) is 0.458. The lowest BCUT2D eigenvalue weighted by Gasteiger charge is -2.21. The Hall–Kier alpha value is -2.12. The number of carbonyl (C=O) groups is 2. The molecule has 7 nitrogen and oxygen atoms in total. The van der Waals surface area contributed by atoms with E-state index in [0.29, 0.717) is 12.2 Å². The van der Waals surface area contributed by atoms with Crippen LogP contribution in [0, 0.1) is 0 Å². The van der Waals surface area contributed by atoms with Crippen LogP contribution in [-0.4, -0.2) is 52.9 Å². The average Bonchev–Trinajstić information content (AvgIpc) is 2.82. The Labute approximate surface area is 122 Å². The number of likely N-dealkylation sites (tertiary alicyclic amines) is 1. The normalized spacial score (nSPS) is 21.3. The van der Waals surface area contributed by atoms with Gasteiger partial charge in [-0.1, -0.05) is 12.1 Å². The van der Waals surface area contributed by atoms with Gasteiger partial charge in [-0.15, -0.1) is 0 Å². The summed E-state index contributed by atoms with van der Waals surface area (Å²) in [5.41, 5.74) is 1.60. The van der Waals surface area contributed by atoms with Crippen molar-refractivity contribution >= 4 is 17.7 Å². The van der Waals surface area contributed by atoms with Gasteiger partial charge in [0.05, 0.1) is 6.10 Å². The van der Waals surface area contributed by atoms with E-state index in [2.05, 4.69) is 10.6 Å². The average molecular weight is 293 g/mol. The SMILES string of the molecule is CNCc1cccc(NC(=O)N2C[C@H](O)C[C@@H]2C(=O)O)c1. The molecule has 21 heavy (non-hydrogen) atoms. The molecule has 4 N–H and O–H groups in total. The van der Waals surface area contributed by atoms with Gasteiger partial charge in [-0.05, 0) is 24.7 Å². The summed E-state index contributed by atoms with van der Waals surface area (Å²) in [6.45, 7) is 0.697. The fourth-order valence-electron chi connectivity index (χ4n) is 2.43. The third-order valence-corrected chi connectivity index (χ3v) is 3.38. The number of carbonyl (C=O) groups excluding carboxylic acids is 1. The number of amides is 2. The number of hydrogen-bond donors (Lipinski definition) is 4. The number of aliphatic carboxylic acids is 1. The molecular formula is C14H19N3O4. The van der Waals surface area contributed by atoms with E-state index in [9.17, 15) is 14.7 Å². The topological polar surface area (TPSA) is 102 Å². The van der Waals surface area contributed by atoms with Gasteiger partial charge >= 0.3 is 12.0 Å². The molecule has 2 atom stereocenters. The summed E-state index contributed by atoms with van der Waals surface area (Å²) in [7, 11) is 1.83. The van der Waals surface area contributed by atoms with E-state index in [1.165, 1.54) is 0 Å². The molecule has 1 aliphatic heterocycles. The van der Waals surface area contributed by atoms with Crippen molar-refractivity contribution in [3.63, 3.8) is 0 Å². The highest BCUT2D eigenvalue weighted by atomic mass is 16.4. The van der Waals surface area contributed by atoms with Crippen molar-refractivity contribution in [2.24, 2.45) is 0 Å². The van der Waals surface area contributed by atoms with Crippen LogP contribution in [0.25, 0.3) is 0 Å². The number of benzene rings is 1. The highest BCUT2D eigenvalue weighted by Gasteiger charge is 2.38. The molecule has 1 saturated heterocycles. The van der Waals surface area contributed by atoms with Gasteiger partial charge in [0.15, 0.2) is 0 Å². The van der Waals surface area contributed by atoms with Crippen molar-refractivity contribution in [2.45, 2.75) is 25.1 Å². The lowest BCUT2D eigenvalue weighted by molar-refractivity contribution is -0.141. The van der Waals surface area contributed by atoms with Gasteiger partial charge < -0.3 is 25.7 Å². The Balaban J connectivity index is 2.07. The van der Waals surface area contributed by atoms with Crippen molar-refractivity contribution in [3.8, 4) is 0 Å². The van der Waals surface area contributed by atoms with Gasteiger partial charge in [0.25, 0.3) is 0 Å². The summed E-state index contributed by atoms with van der Waals surface area (Å²) >= 11 is 0. The van der Waals surface area contributed by atoms with Gasteiger partial charge in [0, 0.05) is 25.2 Å². The number of aliphatic hydroxyl groups is 1. The van der Waals surface area contributed by atoms with E-state index >= 15 is 0 Å². The minimum atomic E-state index is -1.11. The number of carboxylic acid groups (broad SMARTS) is 1. The van der Waals surface area contributed by atoms with Crippen molar-refractivity contribution < 1.29 is 19.8 Å². The summed E-state index contributed by atoms with van der Waals surface area (Å²) in [6, 6.07) is 5.79. The van der Waals surface area contributed by atoms with Crippen LogP contribution in [0.3, 0.4) is 0 Å². The molecule has 7 heteroatoms. The summed E-state index contributed by atoms with van der Waals surface area (Å²) in [5.74, 6) is -1.11. The van der Waals surface area contributed by atoms with Gasteiger partial charge in [0.2, 0.25) is 0 Å². The first kappa shape index (κ1) is 15.3. The lowest BCUT2D eigenvalue weighted by Crippen LogP contribution is -2.43. The Morgan fingerprint density at radius 2 is 2.19 bits per heavy atom. The molecule has 1 heterocycles. The maximum Gasteiger partial charge on any atom is 0.326 e. The second-order valence-electron chi connectivity index (χ2n) is 5.06. The second-order valence-corrected chi connectivity index (χ2v) is 5.06. The third-order valence-electron chi connectivity index (χ3n) is 3.38. The zero-order valence-corrected chi connectivity index (χ0v) is 11.7. The number of urea groups is 1. The number of nitrogens with one attached hydrogen (secondary N) is 2. The Morgan fingerprint density at radius 3 is 2.86 bits per heavy atom. The fourth-order valence-corrected chi connectivity index (χ4v) is 2.43. The molecule has 0 saturated carbocycles. The van der Waals surface area contributed by atoms with Crippen molar-refractivity contribution in [3.05, 3.63) is 29.8 Å². The largest absolute Gasteiger partial charge is 0.480 e. The monoisotopic (exact) mass is 293 g/mol. The van der Waals surface area contributed by atoms with Crippen LogP contribution >= 0.6 is 0 Å². The Bertz CT molecular complexity index is 535. The van der Waals surface area contributed by atoms with E-state index in [1.54, 1.807) is 6.07 Å². The van der Waals surface area contributed by atoms with Crippen molar-refractivity contribution in [1.82, 2.24) is 10.2 Å². The Morgan fingerprint density at radius 1 is 1.43 bits per heavy atom. The third kappa shape index (κ3) is 3.71. The zero-order valence-electron chi connectivity index (χ0n) is 11.7. The molecule has 0 unspecified atom stereocenters. The molecule has 2 amide bonds. The minimum absolute atomic E-state index is 0.0268. The predicted molar refractivity (Wildman–Crippen MR) is 77.0 cm³/mol. The van der Waals surface area contributed by atoms with Gasteiger partial charge in [0.1, 0.15) is 6.04 Å². The summed E-state index contributed by atoms with van der Waals surface area (Å²) in [6.07, 6.45) is -0.741. The minimum Gasteiger partial charge on any atom is -0.480 e. The smallest absolute Gasteiger partial charge is 0.326 e. The summed E-state index contributed by atoms with van der Waals surface area (Å²) < 4.78 is 0. The number of anilines is 1. The van der Waals surface area contributed by atoms with Crippen LogP contribution < -0.4 is 10.6 Å². The van der Waals surface area contributed by atoms with Crippen LogP contribution in [0.4, 0.5) is 10.5 Å². The van der Waals surface area contributed by atoms with Crippen LogP contribution in [0.2, 0.25) is 0 Å². The molecule has 1 aromatic rings. The second kappa shape index (κ2) is 6.55. The van der Waals surface area contributed by atoms with Crippen LogP contribution in [0.15, 0.2) is 24.3 Å². The molecule has 114 valence electrons. The van der Waals surface area contributed by atoms with Gasteiger partial charge in [-0.3, -0.25) is 0 Å². The van der Waals surface area contributed by atoms with E-state index < -0.39 is 24.1 Å². The summed E-state index contributed by atoms with van der Waals surface area (Å²) in [4.78, 5) is 24.4. The van der Waals surface area contributed by atoms with Gasteiger partial charge in [-0.25, -0.2) is 9.59 Å². The number of nitrogens with zero attached hydrogens (tertiary/aromatic N) is 1. The lowest BCUT2D eigenvalue weighted by atomic mass is 10.2. The quantitative estimate of drug-likeness (QED) is 0.646. The molecule has 1 aliphatic rings. The van der Waals surface area contributed by atoms with Crippen LogP contribution in [-0.2, 0) is 11.3 Å². The molecule has 0 spiro atoms. The number of rotatable bonds is 4. The number of carboxylic acids is 1. The van der Waals surface area contributed by atoms with Crippen molar-refractivity contribution in [2.75, 3.05) is 18.9 Å². The number of β-amino-alcohol motifs (C(OH)–C–C–N with tert-alkyl or cyclic N) is 1. The molecule has 0 radical (unpaired) electrons. The zero-order chi connectivity index (χ0) is 15.4. The van der Waals surface area contributed by atoms with E-state index in [0.717, 1.165) is 10.5 Å². The molecule has 0 aliphatic carbocycles. The fraction of sp³-hybridized carbons (Fsp3) is 0.429. The summed E-state index contributed by atoms with van der Waals surface area (Å²) in [5, 5.41) is 24.3. The highest BCUT2D eigenvalue weighted by Crippen LogP contribution is 2.20. The maximum absolute atomic E-state index is 12.2. The first-order chi connectivity index (χ1) is 10.0. The maximum atomic E-state index is 12.2. The standard InChI is InChI=1S/C14H19N3O4/c1-15-7-9-3-2-4-10(5-9)16-14(21)17-8-11(18)6-12(17)13(19)20/h2-5,11-12,15,18H,6-8H2,1H3,(H,16,21)(H,19,20)/t11-,12-/m1/s1. The first-order valence-electron chi connectivity index (χ1n) is 6.73. The molecular weight excluding hydrogens is 274 g/mol. The number of hydrogen-bond acceptors (Lipinski definition) is 4. The molecule has 0 bridgehead atoms. The highest BCUT2D eigenvalue weighted by molar-refractivity contribution is 5.92. The molecule has 0 aromatic heterocycles. The van der Waals surface area contributed by atoms with Crippen LogP contribution in [0.5, 0.6) is 0 Å². The molecule has 1 fully saturated rings. The Kier molecular flexibility index (Phi) is 4.77. The molecule has 1 aromatic carbocycles. The van der Waals surface area contributed by atoms with E-state index in [1.807, 2.05) is 25.2 Å². The van der Waals surface area contributed by atoms with E-state index in [-0.39, 0.29) is 13.0 Å².